The zero-order chi connectivity index (χ0) is 61.2. The minimum Gasteiger partial charge on any atom is -0.394 e. The van der Waals surface area contributed by atoms with Crippen molar-refractivity contribution < 1.29 is 113 Å². The van der Waals surface area contributed by atoms with Crippen LogP contribution in [0.25, 0.3) is 0 Å². The van der Waals surface area contributed by atoms with Crippen LogP contribution in [0, 0.1) is 0 Å². The van der Waals surface area contributed by atoms with Gasteiger partial charge in [0.05, 0.1) is 67.9 Å². The minimum atomic E-state index is -1.57. The van der Waals surface area contributed by atoms with Gasteiger partial charge >= 0.3 is 0 Å². The minimum absolute atomic E-state index is 0.138. The predicted octanol–water partition coefficient (Wildman–Crippen LogP) is -14.1. The Bertz CT molecular complexity index is 2010. The molecule has 2 unspecified atom stereocenters. The maximum Gasteiger partial charge on any atom is 0.187 e. The molecule has 83 heavy (non-hydrogen) atoms. The molecular formula is C48H94N12O23. The van der Waals surface area contributed by atoms with E-state index in [1.807, 2.05) is 0 Å². The van der Waals surface area contributed by atoms with Crippen molar-refractivity contribution >= 4 is 0 Å². The molecule has 8 aliphatic rings. The van der Waals surface area contributed by atoms with Gasteiger partial charge < -0.3 is 182 Å². The standard InChI is InChI=1S/C24H48N6O12.C24H46N6O11/c1-6(26)10-3-9(32)13(29)22(37-10)40-19-8(28)2-7(27)15(33)21(19)42-24-18(36)20(12(5-31)39-24)41-23-14(30)17(35)16(34)11(4-25)38-23;1-7(26)11-3-2-8(27)22(36-11)39-19-10(29)4-9(28)15(32)21(19)41-24-18(35)20(13(6-31)38-24)40-23-14(30)17(34)16(33)12(5-25)37-23/h6-24,31-36H,2-5,25-30H2,1H3;2-3,7-24,31-35H,4-6,25-30H2,1H3/t6-,7+,8-,9+,10-,11-,12+,13+,14+,15-,16+,17+,18+,19+,20+,21+,22+,23?,24-;7-,8+,9+,10-,11-,12-,13+,14+,15-,16+,17+,18+,19+,20+,21+,22+,23?,24-/m00/s1. The summed E-state index contributed by atoms with van der Waals surface area (Å²) in [4.78, 5) is 0. The first kappa shape index (κ1) is 68.8. The molecule has 2 aliphatic carbocycles. The molecule has 6 heterocycles. The van der Waals surface area contributed by atoms with Crippen molar-refractivity contribution in [1.82, 2.24) is 0 Å². The molecule has 0 aromatic carbocycles. The van der Waals surface area contributed by atoms with E-state index in [9.17, 15) is 56.2 Å². The van der Waals surface area contributed by atoms with Gasteiger partial charge in [-0.05, 0) is 26.7 Å². The molecule has 35 heteroatoms. The summed E-state index contributed by atoms with van der Waals surface area (Å²) in [6.45, 7) is 1.97. The zero-order valence-electron chi connectivity index (χ0n) is 46.2. The Morgan fingerprint density at radius 1 is 0.398 bits per heavy atom. The smallest absolute Gasteiger partial charge is 0.187 e. The molecule has 0 aromatic heterocycles. The first-order valence-electron chi connectivity index (χ1n) is 28.0. The number of nitrogens with two attached hydrogens (primary N) is 12. The van der Waals surface area contributed by atoms with Crippen LogP contribution in [-0.2, 0) is 56.8 Å². The Kier molecular flexibility index (Phi) is 24.7. The molecule has 5 saturated heterocycles. The van der Waals surface area contributed by atoms with E-state index in [1.165, 1.54) is 0 Å². The van der Waals surface area contributed by atoms with Crippen molar-refractivity contribution in [3.63, 3.8) is 0 Å². The summed E-state index contributed by atoms with van der Waals surface area (Å²) in [5.74, 6) is 0. The van der Waals surface area contributed by atoms with Crippen molar-refractivity contribution in [2.24, 2.45) is 68.8 Å². The number of rotatable bonds is 18. The van der Waals surface area contributed by atoms with Crippen molar-refractivity contribution in [2.45, 2.75) is 259 Å². The normalized spacial score (nSPS) is 52.2. The molecule has 2 saturated carbocycles. The fourth-order valence-electron chi connectivity index (χ4n) is 11.3. The van der Waals surface area contributed by atoms with Gasteiger partial charge in [0.2, 0.25) is 0 Å². The SMILES string of the molecule is C[C@H](N)[C@@H]1C=C[C@@H](N)[C@@H](O[C@H]2[C@H](O[C@@H]3O[C@H](CO)[C@@H](OC4O[C@@H](CN)[C@@H](O)[C@H](O)[C@H]4N)[C@H]3O)[C@@H](O)[C@H](N)C[C@@H]2N)O1.C[C@H](N)[C@@H]1C[C@@H](O)[C@@H](N)[C@@H](O[C@H]2[C@H](O[C@@H]3O[C@H](CO)[C@@H](OC4O[C@@H](CN)[C@@H](O)[C@H](O)[C@H]4N)[C@H]3O)[C@@H](O)[C@H](N)C[C@@H]2N)O1. The number of ether oxygens (including phenoxy) is 12. The number of aliphatic hydroxyl groups is 11. The van der Waals surface area contributed by atoms with Crippen LogP contribution in [-0.4, -0.2) is 309 Å². The van der Waals surface area contributed by atoms with E-state index in [0.29, 0.717) is 0 Å². The van der Waals surface area contributed by atoms with Gasteiger partial charge in [-0.3, -0.25) is 0 Å². The summed E-state index contributed by atoms with van der Waals surface area (Å²) >= 11 is 0. The van der Waals surface area contributed by atoms with Gasteiger partial charge in [0.25, 0.3) is 0 Å². The number of hydrogen-bond acceptors (Lipinski definition) is 35. The van der Waals surface area contributed by atoms with Crippen molar-refractivity contribution in [2.75, 3.05) is 26.3 Å². The summed E-state index contributed by atoms with van der Waals surface area (Å²) in [5.41, 5.74) is 72.4. The molecule has 0 radical (unpaired) electrons. The van der Waals surface area contributed by atoms with Gasteiger partial charge in [-0.1, -0.05) is 12.2 Å². The maximum absolute atomic E-state index is 11.1. The molecule has 0 bridgehead atoms. The lowest BCUT2D eigenvalue weighted by molar-refractivity contribution is -0.296. The summed E-state index contributed by atoms with van der Waals surface area (Å²) in [5, 5.41) is 116. The highest BCUT2D eigenvalue weighted by Crippen LogP contribution is 2.37. The van der Waals surface area contributed by atoms with E-state index in [0.717, 1.165) is 0 Å². The molecule has 0 aromatic rings. The van der Waals surface area contributed by atoms with E-state index < -0.39 is 234 Å². The molecule has 6 aliphatic heterocycles. The second-order valence-electron chi connectivity index (χ2n) is 22.9. The van der Waals surface area contributed by atoms with E-state index >= 15 is 0 Å². The van der Waals surface area contributed by atoms with Crippen molar-refractivity contribution in [1.29, 1.82) is 0 Å². The molecule has 35 nitrogen and oxygen atoms in total. The molecular weight excluding hydrogens is 1110 g/mol. The molecule has 8 rings (SSSR count). The molecule has 37 atom stereocenters. The molecule has 484 valence electrons. The average Bonchev–Trinajstić information content (AvgIpc) is 4.09. The molecule has 35 N–H and O–H groups in total. The number of aliphatic hydroxyl groups excluding tert-OH is 11. The Morgan fingerprint density at radius 2 is 0.783 bits per heavy atom. The lowest BCUT2D eigenvalue weighted by Gasteiger charge is -2.46. The highest BCUT2D eigenvalue weighted by molar-refractivity contribution is 5.07. The molecule has 0 spiro atoms. The predicted molar refractivity (Wildman–Crippen MR) is 282 cm³/mol. The highest BCUT2D eigenvalue weighted by Gasteiger charge is 2.56. The van der Waals surface area contributed by atoms with Gasteiger partial charge in [0.15, 0.2) is 37.7 Å². The summed E-state index contributed by atoms with van der Waals surface area (Å²) < 4.78 is 70.4. The third-order valence-corrected chi connectivity index (χ3v) is 16.6. The van der Waals surface area contributed by atoms with Gasteiger partial charge in [0, 0.05) is 55.8 Å². The fraction of sp³-hybridized carbons (Fsp3) is 0.958. The zero-order valence-corrected chi connectivity index (χ0v) is 46.2. The molecule has 7 fully saturated rings. The van der Waals surface area contributed by atoms with Crippen LogP contribution in [0.3, 0.4) is 0 Å². The fourth-order valence-corrected chi connectivity index (χ4v) is 11.3. The Balaban J connectivity index is 0.000000239. The quantitative estimate of drug-likeness (QED) is 0.0567. The maximum atomic E-state index is 11.1. The van der Waals surface area contributed by atoms with Gasteiger partial charge in [-0.2, -0.15) is 0 Å². The Morgan fingerprint density at radius 3 is 1.18 bits per heavy atom. The lowest BCUT2D eigenvalue weighted by atomic mass is 9.84. The first-order valence-corrected chi connectivity index (χ1v) is 28.0. The highest BCUT2D eigenvalue weighted by atomic mass is 16.8. The summed E-state index contributed by atoms with van der Waals surface area (Å²) in [7, 11) is 0. The molecule has 0 amide bonds. The van der Waals surface area contributed by atoms with Crippen LogP contribution < -0.4 is 68.8 Å². The summed E-state index contributed by atoms with van der Waals surface area (Å²) in [6.07, 6.45) is -28.5. The van der Waals surface area contributed by atoms with E-state index in [-0.39, 0.29) is 38.4 Å². The largest absolute Gasteiger partial charge is 0.394 e. The van der Waals surface area contributed by atoms with Crippen molar-refractivity contribution in [3.05, 3.63) is 12.2 Å². The second-order valence-corrected chi connectivity index (χ2v) is 22.9. The Labute approximate surface area is 478 Å². The van der Waals surface area contributed by atoms with Crippen LogP contribution in [0.2, 0.25) is 0 Å². The third-order valence-electron chi connectivity index (χ3n) is 16.6. The van der Waals surface area contributed by atoms with Crippen molar-refractivity contribution in [3.8, 4) is 0 Å². The van der Waals surface area contributed by atoms with E-state index in [4.69, 9.17) is 126 Å². The second kappa shape index (κ2) is 29.8. The van der Waals surface area contributed by atoms with E-state index in [2.05, 4.69) is 0 Å². The Hall–Kier alpha value is -1.66. The topological polar surface area (TPSA) is 646 Å². The van der Waals surface area contributed by atoms with Crippen LogP contribution in [0.15, 0.2) is 12.2 Å². The van der Waals surface area contributed by atoms with Crippen LogP contribution in [0.5, 0.6) is 0 Å². The van der Waals surface area contributed by atoms with Gasteiger partial charge in [-0.15, -0.1) is 0 Å². The van der Waals surface area contributed by atoms with Gasteiger partial charge in [0.1, 0.15) is 97.7 Å². The van der Waals surface area contributed by atoms with Gasteiger partial charge in [-0.25, -0.2) is 0 Å². The lowest BCUT2D eigenvalue weighted by Crippen LogP contribution is -2.66. The van der Waals surface area contributed by atoms with Crippen LogP contribution >= 0.6 is 0 Å². The van der Waals surface area contributed by atoms with Crippen LogP contribution in [0.1, 0.15) is 33.1 Å². The summed E-state index contributed by atoms with van der Waals surface area (Å²) in [6, 6.07) is -7.98. The van der Waals surface area contributed by atoms with Crippen LogP contribution in [0.4, 0.5) is 0 Å². The first-order chi connectivity index (χ1) is 39.1. The monoisotopic (exact) mass is 1210 g/mol. The number of hydrogen-bond donors (Lipinski definition) is 23. The average molecular weight is 1210 g/mol. The van der Waals surface area contributed by atoms with E-state index in [1.54, 1.807) is 26.0 Å². The third kappa shape index (κ3) is 15.3.